The van der Waals surface area contributed by atoms with Crippen LogP contribution in [0.3, 0.4) is 0 Å². The van der Waals surface area contributed by atoms with Crippen LogP contribution in [0.25, 0.3) is 5.57 Å². The molecule has 7 N–H and O–H groups in total. The third kappa shape index (κ3) is 2.33. The van der Waals surface area contributed by atoms with E-state index in [2.05, 4.69) is 4.98 Å². The van der Waals surface area contributed by atoms with Crippen molar-refractivity contribution in [3.05, 3.63) is 24.0 Å². The molecule has 0 fully saturated rings. The Morgan fingerprint density at radius 2 is 2.20 bits per heavy atom. The minimum absolute atomic E-state index is 0.180. The Morgan fingerprint density at radius 3 is 2.67 bits per heavy atom. The van der Waals surface area contributed by atoms with Gasteiger partial charge in [0.05, 0.1) is 0 Å². The first kappa shape index (κ1) is 11.2. The summed E-state index contributed by atoms with van der Waals surface area (Å²) in [5.74, 6) is 0.180. The van der Waals surface area contributed by atoms with E-state index in [-0.39, 0.29) is 11.3 Å². The molecule has 1 rings (SSSR count). The van der Waals surface area contributed by atoms with E-state index in [4.69, 9.17) is 26.9 Å². The monoisotopic (exact) mass is 206 g/mol. The number of nitrogens with zero attached hydrogens (tertiary/aromatic N) is 1. The molecule has 1 aromatic heterocycles. The summed E-state index contributed by atoms with van der Waals surface area (Å²) in [4.78, 5) is 3.78. The maximum Gasteiger partial charge on any atom is 0.490 e. The highest BCUT2D eigenvalue weighted by Crippen LogP contribution is 2.15. The Balaban J connectivity index is 3.27. The van der Waals surface area contributed by atoms with Crippen molar-refractivity contribution in [1.82, 2.24) is 4.98 Å². The molecule has 0 radical (unpaired) electrons. The maximum atomic E-state index is 8.93. The fourth-order valence-electron chi connectivity index (χ4n) is 1.08. The summed E-state index contributed by atoms with van der Waals surface area (Å²) < 4.78 is 0. The minimum Gasteiger partial charge on any atom is -0.423 e. The lowest BCUT2D eigenvalue weighted by atomic mass is 9.80. The molecule has 0 spiro atoms. The van der Waals surface area contributed by atoms with Crippen LogP contribution in [-0.2, 0) is 0 Å². The van der Waals surface area contributed by atoms with E-state index in [0.29, 0.717) is 11.1 Å². The van der Waals surface area contributed by atoms with E-state index < -0.39 is 7.12 Å². The number of aromatic nitrogens is 1. The number of nitrogen functional groups attached to an aromatic ring is 1. The largest absolute Gasteiger partial charge is 0.490 e. The van der Waals surface area contributed by atoms with Gasteiger partial charge in [0, 0.05) is 35.2 Å². The minimum atomic E-state index is -1.62. The van der Waals surface area contributed by atoms with Gasteiger partial charge in [-0.1, -0.05) is 0 Å². The number of nitrogens with two attached hydrogens (primary N) is 2. The first-order valence-corrected chi connectivity index (χ1v) is 4.14. The number of pyridine rings is 1. The van der Waals surface area contributed by atoms with Crippen molar-refractivity contribution in [2.45, 2.75) is 0 Å². The summed E-state index contributed by atoms with van der Waals surface area (Å²) in [5, 5.41) is 25.0. The van der Waals surface area contributed by atoms with Crippen LogP contribution in [0, 0.1) is 5.41 Å². The van der Waals surface area contributed by atoms with Crippen LogP contribution in [0.4, 0.5) is 5.82 Å². The zero-order chi connectivity index (χ0) is 11.4. The van der Waals surface area contributed by atoms with Crippen LogP contribution in [-0.4, -0.2) is 28.4 Å². The predicted molar refractivity (Wildman–Crippen MR) is 59.4 cm³/mol. The predicted octanol–water partition coefficient (Wildman–Crippen LogP) is -1.71. The number of anilines is 1. The molecule has 0 saturated heterocycles. The molecule has 15 heavy (non-hydrogen) atoms. The zero-order valence-corrected chi connectivity index (χ0v) is 7.88. The normalized spacial score (nSPS) is 11.2. The molecule has 0 aliphatic heterocycles. The van der Waals surface area contributed by atoms with Crippen LogP contribution in [0.5, 0.6) is 0 Å². The van der Waals surface area contributed by atoms with Crippen LogP contribution in [0.15, 0.2) is 18.5 Å². The van der Waals surface area contributed by atoms with Gasteiger partial charge in [0.15, 0.2) is 0 Å². The Labute approximate surface area is 86.9 Å². The topological polar surface area (TPSA) is 129 Å². The van der Waals surface area contributed by atoms with Crippen LogP contribution in [0.2, 0.25) is 0 Å². The summed E-state index contributed by atoms with van der Waals surface area (Å²) >= 11 is 0. The maximum absolute atomic E-state index is 8.93. The molecule has 1 heterocycles. The van der Waals surface area contributed by atoms with Gasteiger partial charge in [-0.2, -0.15) is 0 Å². The quantitative estimate of drug-likeness (QED) is 0.297. The summed E-state index contributed by atoms with van der Waals surface area (Å²) in [5.41, 5.74) is 11.8. The number of hydrogen-bond donors (Lipinski definition) is 5. The molecule has 0 aromatic carbocycles. The van der Waals surface area contributed by atoms with E-state index in [1.165, 1.54) is 18.5 Å². The molecule has 6 nitrogen and oxygen atoms in total. The lowest BCUT2D eigenvalue weighted by Gasteiger charge is -2.07. The van der Waals surface area contributed by atoms with Crippen LogP contribution < -0.4 is 16.9 Å². The van der Waals surface area contributed by atoms with Crippen molar-refractivity contribution in [1.29, 1.82) is 5.41 Å². The zero-order valence-electron chi connectivity index (χ0n) is 7.88. The van der Waals surface area contributed by atoms with Crippen molar-refractivity contribution >= 4 is 30.2 Å². The van der Waals surface area contributed by atoms with E-state index in [0.717, 1.165) is 6.21 Å². The van der Waals surface area contributed by atoms with Crippen molar-refractivity contribution in [2.75, 3.05) is 5.73 Å². The van der Waals surface area contributed by atoms with E-state index in [1.807, 2.05) is 0 Å². The molecule has 0 aliphatic rings. The molecule has 7 heteroatoms. The van der Waals surface area contributed by atoms with Gasteiger partial charge in [-0.25, -0.2) is 4.98 Å². The molecule has 0 atom stereocenters. The average molecular weight is 206 g/mol. The lowest BCUT2D eigenvalue weighted by Crippen LogP contribution is -2.30. The smallest absolute Gasteiger partial charge is 0.423 e. The van der Waals surface area contributed by atoms with Crippen molar-refractivity contribution < 1.29 is 10.0 Å². The first-order chi connectivity index (χ1) is 7.10. The standard InChI is InChI=1S/C8H11BN4O2/c10-2-5(3-11)7-1-6(9(14)15)4-13-8(7)12/h1-4,10,14-15H,11H2,(H2,12,13)/b5-3+,10-2?. The molecular formula is C8H11BN4O2. The molecule has 78 valence electrons. The second kappa shape index (κ2) is 4.58. The Morgan fingerprint density at radius 1 is 1.53 bits per heavy atom. The Kier molecular flexibility index (Phi) is 3.43. The second-order valence-electron chi connectivity index (χ2n) is 2.84. The fourth-order valence-corrected chi connectivity index (χ4v) is 1.08. The van der Waals surface area contributed by atoms with Crippen molar-refractivity contribution in [3.63, 3.8) is 0 Å². The number of hydrogen-bond acceptors (Lipinski definition) is 6. The van der Waals surface area contributed by atoms with Gasteiger partial charge in [-0.05, 0) is 6.07 Å². The average Bonchev–Trinajstić information content (AvgIpc) is 2.22. The summed E-state index contributed by atoms with van der Waals surface area (Å²) in [6.07, 6.45) is 3.47. The third-order valence-corrected chi connectivity index (χ3v) is 1.88. The first-order valence-electron chi connectivity index (χ1n) is 4.14. The lowest BCUT2D eigenvalue weighted by molar-refractivity contribution is 0.425. The fraction of sp³-hybridized carbons (Fsp3) is 0. The van der Waals surface area contributed by atoms with Gasteiger partial charge in [-0.3, -0.25) is 0 Å². The molecule has 1 aromatic rings. The Bertz CT molecular complexity index is 406. The van der Waals surface area contributed by atoms with Gasteiger partial charge < -0.3 is 26.9 Å². The van der Waals surface area contributed by atoms with E-state index >= 15 is 0 Å². The molecule has 0 amide bonds. The Hall–Kier alpha value is -1.86. The SMILES string of the molecule is N=C/C(=C\N)c1cc(B(O)O)cnc1N. The molecule has 0 bridgehead atoms. The number of allylic oxidation sites excluding steroid dienone is 1. The number of rotatable bonds is 3. The molecule has 0 unspecified atom stereocenters. The molecule has 0 aliphatic carbocycles. The van der Waals surface area contributed by atoms with Crippen LogP contribution >= 0.6 is 0 Å². The van der Waals surface area contributed by atoms with Gasteiger partial charge in [-0.15, -0.1) is 0 Å². The second-order valence-corrected chi connectivity index (χ2v) is 2.84. The van der Waals surface area contributed by atoms with Gasteiger partial charge in [0.1, 0.15) is 5.82 Å². The molecular weight excluding hydrogens is 195 g/mol. The highest BCUT2D eigenvalue weighted by Gasteiger charge is 2.14. The highest BCUT2D eigenvalue weighted by atomic mass is 16.4. The summed E-state index contributed by atoms with van der Waals surface area (Å²) in [6.45, 7) is 0. The highest BCUT2D eigenvalue weighted by molar-refractivity contribution is 6.58. The summed E-state index contributed by atoms with van der Waals surface area (Å²) in [7, 11) is -1.62. The van der Waals surface area contributed by atoms with Crippen molar-refractivity contribution in [2.24, 2.45) is 5.73 Å². The molecule has 0 saturated carbocycles. The van der Waals surface area contributed by atoms with E-state index in [1.54, 1.807) is 0 Å². The van der Waals surface area contributed by atoms with E-state index in [9.17, 15) is 0 Å². The van der Waals surface area contributed by atoms with Crippen molar-refractivity contribution in [3.8, 4) is 0 Å². The van der Waals surface area contributed by atoms with Gasteiger partial charge >= 0.3 is 7.12 Å². The van der Waals surface area contributed by atoms with Gasteiger partial charge in [0.2, 0.25) is 0 Å². The van der Waals surface area contributed by atoms with Crippen LogP contribution in [0.1, 0.15) is 5.56 Å². The van der Waals surface area contributed by atoms with Gasteiger partial charge in [0.25, 0.3) is 0 Å². The third-order valence-electron chi connectivity index (χ3n) is 1.88. The summed E-state index contributed by atoms with van der Waals surface area (Å²) in [6, 6.07) is 1.43. The number of nitrogens with one attached hydrogen (secondary N) is 1.